The average Bonchev–Trinajstić information content (AvgIpc) is 2.42. The first kappa shape index (κ1) is 21.0. The van der Waals surface area contributed by atoms with E-state index < -0.39 is 17.6 Å². The molecule has 0 bridgehead atoms. The van der Waals surface area contributed by atoms with E-state index in [4.69, 9.17) is 13.3 Å². The van der Waals surface area contributed by atoms with Crippen LogP contribution in [0.4, 0.5) is 0 Å². The van der Waals surface area contributed by atoms with Crippen LogP contribution in [0.5, 0.6) is 0 Å². The van der Waals surface area contributed by atoms with Gasteiger partial charge in [0.15, 0.2) is 0 Å². The van der Waals surface area contributed by atoms with Gasteiger partial charge in [0.1, 0.15) is 0 Å². The number of aliphatic imine (C=N–C) groups is 1. The van der Waals surface area contributed by atoms with E-state index in [1.54, 1.807) is 0 Å². The lowest BCUT2D eigenvalue weighted by atomic mass is 10.4. The second-order valence-corrected chi connectivity index (χ2v) is 11.6. The van der Waals surface area contributed by atoms with Gasteiger partial charge >= 0.3 is 8.80 Å². The van der Waals surface area contributed by atoms with Gasteiger partial charge in [-0.1, -0.05) is 19.1 Å². The zero-order valence-corrected chi connectivity index (χ0v) is 16.8. The summed E-state index contributed by atoms with van der Waals surface area (Å²) in [6.45, 7) is 13.7. The Balaban J connectivity index is 3.98. The number of rotatable bonds is 14. The summed E-state index contributed by atoms with van der Waals surface area (Å²) in [5.74, 6) is 0. The summed E-state index contributed by atoms with van der Waals surface area (Å²) in [4.78, 5) is 4.49. The van der Waals surface area contributed by atoms with Crippen molar-refractivity contribution in [3.05, 3.63) is 0 Å². The van der Waals surface area contributed by atoms with Crippen molar-refractivity contribution < 1.29 is 13.3 Å². The lowest BCUT2D eigenvalue weighted by Gasteiger charge is -2.28. The molecule has 0 aliphatic carbocycles. The lowest BCUT2D eigenvalue weighted by Crippen LogP contribution is -2.45. The van der Waals surface area contributed by atoms with Gasteiger partial charge in [-0.25, -0.2) is 0 Å². The van der Waals surface area contributed by atoms with Gasteiger partial charge in [-0.3, -0.25) is 4.99 Å². The minimum absolute atomic E-state index is 0.400. The van der Waals surface area contributed by atoms with Crippen LogP contribution in [0.2, 0.25) is 25.2 Å². The molecule has 0 saturated carbocycles. The van der Waals surface area contributed by atoms with Crippen molar-refractivity contribution in [3.8, 4) is 0 Å². The molecule has 0 atom stereocenters. The fraction of sp³-hybridized carbons (Fsp3) is 0.933. The molecule has 0 spiro atoms. The van der Waals surface area contributed by atoms with Crippen LogP contribution in [-0.2, 0) is 13.3 Å². The summed E-state index contributed by atoms with van der Waals surface area (Å²) in [5, 5.41) is 0. The normalized spacial score (nSPS) is 12.7. The SMILES string of the molecule is CCO[Si](CCC/C=N\CCC[SiH](C)C)(OCC)OCC. The van der Waals surface area contributed by atoms with E-state index in [1.807, 2.05) is 20.8 Å². The number of hydrogen-bond donors (Lipinski definition) is 0. The first-order chi connectivity index (χ1) is 10.1. The highest BCUT2D eigenvalue weighted by Crippen LogP contribution is 2.18. The third kappa shape index (κ3) is 11.2. The Morgan fingerprint density at radius 1 is 0.952 bits per heavy atom. The monoisotopic (exact) mass is 333 g/mol. The van der Waals surface area contributed by atoms with Crippen molar-refractivity contribution in [1.29, 1.82) is 0 Å². The summed E-state index contributed by atoms with van der Waals surface area (Å²) in [6, 6.07) is 2.28. The first-order valence-electron chi connectivity index (χ1n) is 8.50. The van der Waals surface area contributed by atoms with Crippen LogP contribution in [0.15, 0.2) is 4.99 Å². The van der Waals surface area contributed by atoms with Crippen molar-refractivity contribution in [2.24, 2.45) is 4.99 Å². The van der Waals surface area contributed by atoms with E-state index in [0.29, 0.717) is 19.8 Å². The molecule has 0 amide bonds. The highest BCUT2D eigenvalue weighted by Gasteiger charge is 2.39. The minimum atomic E-state index is -2.44. The van der Waals surface area contributed by atoms with Crippen LogP contribution in [0.3, 0.4) is 0 Å². The second kappa shape index (κ2) is 13.6. The molecule has 6 heteroatoms. The largest absolute Gasteiger partial charge is 0.500 e. The maximum Gasteiger partial charge on any atom is 0.500 e. The standard InChI is InChI=1S/C15H35NO3Si2/c1-6-17-21(18-7-2,19-8-3)15-10-9-12-16-13-11-14-20(4)5/h12,20H,6-11,13-15H2,1-5H3/b16-12-. The van der Waals surface area contributed by atoms with Gasteiger partial charge in [-0.15, -0.1) is 0 Å². The van der Waals surface area contributed by atoms with Gasteiger partial charge < -0.3 is 13.3 Å². The summed E-state index contributed by atoms with van der Waals surface area (Å²) >= 11 is 0. The average molecular weight is 334 g/mol. The van der Waals surface area contributed by atoms with Gasteiger partial charge in [-0.05, 0) is 46.2 Å². The molecule has 0 aliphatic rings. The van der Waals surface area contributed by atoms with Crippen molar-refractivity contribution in [3.63, 3.8) is 0 Å². The zero-order chi connectivity index (χ0) is 16.0. The molecular formula is C15H35NO3Si2. The molecule has 126 valence electrons. The van der Waals surface area contributed by atoms with Gasteiger partial charge in [0.2, 0.25) is 0 Å². The van der Waals surface area contributed by atoms with Gasteiger partial charge in [0.05, 0.1) is 0 Å². The molecule has 0 N–H and O–H groups in total. The van der Waals surface area contributed by atoms with Crippen LogP contribution in [0.25, 0.3) is 0 Å². The molecule has 0 heterocycles. The Kier molecular flexibility index (Phi) is 13.6. The fourth-order valence-electron chi connectivity index (χ4n) is 2.18. The third-order valence-electron chi connectivity index (χ3n) is 3.11. The van der Waals surface area contributed by atoms with Crippen LogP contribution >= 0.6 is 0 Å². The Morgan fingerprint density at radius 2 is 1.52 bits per heavy atom. The fourth-order valence-corrected chi connectivity index (χ4v) is 5.82. The van der Waals surface area contributed by atoms with Gasteiger partial charge in [0.25, 0.3) is 0 Å². The van der Waals surface area contributed by atoms with Crippen LogP contribution in [0, 0.1) is 0 Å². The highest BCUT2D eigenvalue weighted by molar-refractivity contribution is 6.60. The highest BCUT2D eigenvalue weighted by atomic mass is 28.4. The van der Waals surface area contributed by atoms with Crippen LogP contribution in [-0.4, -0.2) is 50.2 Å². The van der Waals surface area contributed by atoms with E-state index in [1.165, 1.54) is 12.5 Å². The summed E-state index contributed by atoms with van der Waals surface area (Å²) in [6.07, 6.45) is 5.32. The minimum Gasteiger partial charge on any atom is -0.374 e. The molecule has 0 rings (SSSR count). The summed E-state index contributed by atoms with van der Waals surface area (Å²) in [5.41, 5.74) is 0. The van der Waals surface area contributed by atoms with Crippen LogP contribution in [0.1, 0.15) is 40.0 Å². The molecule has 0 aromatic carbocycles. The van der Waals surface area contributed by atoms with E-state index in [2.05, 4.69) is 24.3 Å². The van der Waals surface area contributed by atoms with Crippen LogP contribution < -0.4 is 0 Å². The number of unbranched alkanes of at least 4 members (excludes halogenated alkanes) is 1. The van der Waals surface area contributed by atoms with E-state index in [-0.39, 0.29) is 0 Å². The molecule has 0 fully saturated rings. The maximum atomic E-state index is 5.84. The van der Waals surface area contributed by atoms with E-state index >= 15 is 0 Å². The Labute approximate surface area is 134 Å². The van der Waals surface area contributed by atoms with Crippen molar-refractivity contribution in [2.45, 2.75) is 65.2 Å². The van der Waals surface area contributed by atoms with Crippen molar-refractivity contribution in [2.75, 3.05) is 26.4 Å². The predicted octanol–water partition coefficient (Wildman–Crippen LogP) is 3.76. The zero-order valence-electron chi connectivity index (χ0n) is 14.7. The third-order valence-corrected chi connectivity index (χ3v) is 7.82. The molecule has 0 aliphatic heterocycles. The molecule has 0 aromatic heterocycles. The maximum absolute atomic E-state index is 5.84. The smallest absolute Gasteiger partial charge is 0.374 e. The summed E-state index contributed by atoms with van der Waals surface area (Å²) < 4.78 is 17.5. The van der Waals surface area contributed by atoms with Crippen molar-refractivity contribution in [1.82, 2.24) is 0 Å². The Bertz CT molecular complexity index is 246. The Hall–Kier alpha value is -0.0162. The number of hydrogen-bond acceptors (Lipinski definition) is 4. The second-order valence-electron chi connectivity index (χ2n) is 5.50. The summed E-state index contributed by atoms with van der Waals surface area (Å²) in [7, 11) is -2.84. The molecule has 21 heavy (non-hydrogen) atoms. The molecule has 4 nitrogen and oxygen atoms in total. The topological polar surface area (TPSA) is 40.0 Å². The first-order valence-corrected chi connectivity index (χ1v) is 13.6. The van der Waals surface area contributed by atoms with E-state index in [9.17, 15) is 0 Å². The molecular weight excluding hydrogens is 298 g/mol. The van der Waals surface area contributed by atoms with Crippen molar-refractivity contribution >= 4 is 23.8 Å². The van der Waals surface area contributed by atoms with E-state index in [0.717, 1.165) is 25.4 Å². The molecule has 0 unspecified atom stereocenters. The van der Waals surface area contributed by atoms with Gasteiger partial charge in [-0.2, -0.15) is 0 Å². The molecule has 0 aromatic rings. The molecule has 0 saturated heterocycles. The number of nitrogens with zero attached hydrogens (tertiary/aromatic N) is 1. The Morgan fingerprint density at radius 3 is 2.00 bits per heavy atom. The predicted molar refractivity (Wildman–Crippen MR) is 96.3 cm³/mol. The van der Waals surface area contributed by atoms with Gasteiger partial charge in [0, 0.05) is 41.2 Å². The quantitative estimate of drug-likeness (QED) is 0.276. The lowest BCUT2D eigenvalue weighted by molar-refractivity contribution is 0.0710. The molecule has 0 radical (unpaired) electrons.